The smallest absolute Gasteiger partial charge is 0.416 e. The summed E-state index contributed by atoms with van der Waals surface area (Å²) in [6, 6.07) is 3.64. The highest BCUT2D eigenvalue weighted by Gasteiger charge is 2.34. The average Bonchev–Trinajstić information content (AvgIpc) is 3.45. The maximum Gasteiger partial charge on any atom is 0.416 e. The molecule has 4 rings (SSSR count). The molecule has 2 unspecified atom stereocenters. The number of carboxylic acid groups (broad SMARTS) is 1. The molecule has 1 amide bonds. The molecule has 3 aliphatic rings. The Balaban J connectivity index is 1.48. The minimum Gasteiger partial charge on any atom is -0.497 e. The van der Waals surface area contributed by atoms with E-state index in [1.54, 1.807) is 26.4 Å². The first-order chi connectivity index (χ1) is 21.0. The third-order valence-corrected chi connectivity index (χ3v) is 8.39. The monoisotopic (exact) mass is 634 g/mol. The topological polar surface area (TPSA) is 97.3 Å². The fraction of sp³-hybridized carbons (Fsp3) is 0.438. The second-order valence-corrected chi connectivity index (χ2v) is 11.9. The maximum atomic E-state index is 13.2. The van der Waals surface area contributed by atoms with E-state index in [0.29, 0.717) is 48.9 Å². The van der Waals surface area contributed by atoms with Crippen molar-refractivity contribution in [3.05, 3.63) is 92.8 Å². The largest absolute Gasteiger partial charge is 0.497 e. The number of methoxy groups -OCH3 is 2. The lowest BCUT2D eigenvalue weighted by Crippen LogP contribution is -2.31. The van der Waals surface area contributed by atoms with Crippen LogP contribution < -0.4 is 5.32 Å². The number of carboxylic acids is 1. The summed E-state index contributed by atoms with van der Waals surface area (Å²) in [4.78, 5) is 27.0. The minimum atomic E-state index is -4.42. The number of carbonyl (C=O) groups is 2. The fourth-order valence-corrected chi connectivity index (χ4v) is 6.20. The molecule has 3 aliphatic carbocycles. The van der Waals surface area contributed by atoms with Crippen LogP contribution in [0, 0.1) is 5.92 Å². The first kappa shape index (κ1) is 33.1. The van der Waals surface area contributed by atoms with Crippen molar-refractivity contribution in [3.8, 4) is 0 Å². The molecule has 0 bridgehead atoms. The number of allylic oxidation sites excluding steroid dienone is 6. The Morgan fingerprint density at radius 3 is 2.59 bits per heavy atom. The Bertz CT molecular complexity index is 1390. The van der Waals surface area contributed by atoms with Gasteiger partial charge in [0.15, 0.2) is 5.76 Å². The molecule has 8 nitrogen and oxygen atoms in total. The van der Waals surface area contributed by atoms with Gasteiger partial charge in [-0.3, -0.25) is 14.5 Å². The van der Waals surface area contributed by atoms with Gasteiger partial charge in [0.2, 0.25) is 0 Å². The van der Waals surface area contributed by atoms with Crippen LogP contribution in [0.5, 0.6) is 0 Å². The van der Waals surface area contributed by atoms with Gasteiger partial charge in [0, 0.05) is 43.9 Å². The maximum absolute atomic E-state index is 13.2. The summed E-state index contributed by atoms with van der Waals surface area (Å²) in [5.41, 5.74) is 0.459. The Morgan fingerprint density at radius 1 is 1.07 bits per heavy atom. The molecule has 44 heavy (non-hydrogen) atoms. The van der Waals surface area contributed by atoms with Crippen LogP contribution in [-0.4, -0.2) is 68.0 Å². The Hall–Kier alpha value is -3.77. The summed E-state index contributed by atoms with van der Waals surface area (Å²) in [5, 5.41) is 11.5. The van der Waals surface area contributed by atoms with Gasteiger partial charge in [-0.1, -0.05) is 23.8 Å². The van der Waals surface area contributed by atoms with Crippen molar-refractivity contribution in [2.24, 2.45) is 5.92 Å². The van der Waals surface area contributed by atoms with Crippen molar-refractivity contribution in [2.45, 2.75) is 50.9 Å². The van der Waals surface area contributed by atoms with Crippen LogP contribution in [0.4, 0.5) is 13.2 Å². The number of alkyl halides is 3. The van der Waals surface area contributed by atoms with Crippen molar-refractivity contribution in [1.29, 1.82) is 0 Å². The third kappa shape index (κ3) is 9.62. The number of ether oxygens (including phenoxy) is 3. The Kier molecular flexibility index (Phi) is 11.5. The van der Waals surface area contributed by atoms with Crippen LogP contribution >= 0.6 is 11.3 Å². The van der Waals surface area contributed by atoms with Gasteiger partial charge in [-0.15, -0.1) is 11.3 Å². The third-order valence-electron chi connectivity index (χ3n) is 7.33. The number of nitrogens with zero attached hydrogens (tertiary/aromatic N) is 1. The summed E-state index contributed by atoms with van der Waals surface area (Å²) in [6.45, 7) is 1.89. The van der Waals surface area contributed by atoms with Gasteiger partial charge in [-0.2, -0.15) is 13.2 Å². The van der Waals surface area contributed by atoms with Gasteiger partial charge in [0.05, 0.1) is 31.1 Å². The van der Waals surface area contributed by atoms with Crippen molar-refractivity contribution in [3.63, 3.8) is 0 Å². The van der Waals surface area contributed by atoms with Crippen LogP contribution in [0.3, 0.4) is 0 Å². The van der Waals surface area contributed by atoms with E-state index in [-0.39, 0.29) is 24.8 Å². The molecule has 0 fully saturated rings. The number of rotatable bonds is 14. The van der Waals surface area contributed by atoms with Gasteiger partial charge >= 0.3 is 12.1 Å². The van der Waals surface area contributed by atoms with Crippen LogP contribution in [0.25, 0.3) is 0 Å². The first-order valence-electron chi connectivity index (χ1n) is 14.4. The van der Waals surface area contributed by atoms with Gasteiger partial charge in [-0.05, 0) is 55.2 Å². The molecule has 0 saturated heterocycles. The van der Waals surface area contributed by atoms with E-state index in [9.17, 15) is 22.8 Å². The van der Waals surface area contributed by atoms with Crippen molar-refractivity contribution in [1.82, 2.24) is 10.2 Å². The molecule has 2 atom stereocenters. The van der Waals surface area contributed by atoms with Gasteiger partial charge in [-0.25, -0.2) is 0 Å². The molecule has 1 heterocycles. The zero-order valence-corrected chi connectivity index (χ0v) is 25.5. The van der Waals surface area contributed by atoms with Crippen molar-refractivity contribution in [2.75, 3.05) is 33.9 Å². The van der Waals surface area contributed by atoms with Crippen molar-refractivity contribution >= 4 is 23.2 Å². The summed E-state index contributed by atoms with van der Waals surface area (Å²) >= 11 is 1.35. The lowest BCUT2D eigenvalue weighted by Gasteiger charge is -2.29. The van der Waals surface area contributed by atoms with Crippen molar-refractivity contribution < 1.29 is 42.1 Å². The van der Waals surface area contributed by atoms with Crippen LogP contribution in [0.1, 0.15) is 46.7 Å². The average molecular weight is 635 g/mol. The standard InChI is InChI=1S/C32H37F3N2O6S/c1-41-27-11-9-22(16-28(27)42-2)19-37(20-26-10-12-29(44-26)31(40)36-14-13-30(38)39)18-21-5-3-7-24(15-21)43-25-8-4-6-23(17-25)32(33,34)35/h3-4,6-7,10,12,15-17,21,25H,5,8-9,11,13-14,18-20H2,1-2H3,(H,36,40)(H,38,39). The minimum absolute atomic E-state index is 0.0510. The summed E-state index contributed by atoms with van der Waals surface area (Å²) < 4.78 is 56.6. The number of nitrogens with one attached hydrogen (secondary N) is 1. The highest BCUT2D eigenvalue weighted by atomic mass is 32.1. The molecule has 0 aliphatic heterocycles. The fourth-order valence-electron chi connectivity index (χ4n) is 5.23. The summed E-state index contributed by atoms with van der Waals surface area (Å²) in [5.74, 6) is 0.786. The van der Waals surface area contributed by atoms with E-state index in [4.69, 9.17) is 19.3 Å². The van der Waals surface area contributed by atoms with Gasteiger partial charge in [0.1, 0.15) is 17.6 Å². The van der Waals surface area contributed by atoms with Crippen LogP contribution in [-0.2, 0) is 25.5 Å². The predicted octanol–water partition coefficient (Wildman–Crippen LogP) is 6.27. The van der Waals surface area contributed by atoms with E-state index < -0.39 is 23.8 Å². The van der Waals surface area contributed by atoms with E-state index >= 15 is 0 Å². The molecule has 0 spiro atoms. The van der Waals surface area contributed by atoms with Crippen LogP contribution in [0.2, 0.25) is 0 Å². The Labute approximate surface area is 258 Å². The van der Waals surface area contributed by atoms with Gasteiger partial charge in [0.25, 0.3) is 5.91 Å². The number of hydrogen-bond acceptors (Lipinski definition) is 7. The molecular weight excluding hydrogens is 597 g/mol. The lowest BCUT2D eigenvalue weighted by molar-refractivity contribution is -0.136. The normalized spacial score (nSPS) is 20.2. The molecule has 0 saturated carbocycles. The molecule has 0 radical (unpaired) electrons. The zero-order valence-electron chi connectivity index (χ0n) is 24.7. The van der Waals surface area contributed by atoms with E-state index in [0.717, 1.165) is 41.2 Å². The Morgan fingerprint density at radius 2 is 1.86 bits per heavy atom. The lowest BCUT2D eigenvalue weighted by atomic mass is 9.97. The molecule has 2 N–H and O–H groups in total. The first-order valence-corrected chi connectivity index (χ1v) is 15.2. The second-order valence-electron chi connectivity index (χ2n) is 10.7. The number of aliphatic carboxylic acids is 1. The van der Waals surface area contributed by atoms with Gasteiger partial charge < -0.3 is 24.6 Å². The molecule has 238 valence electrons. The highest BCUT2D eigenvalue weighted by Crippen LogP contribution is 2.32. The number of halogens is 3. The highest BCUT2D eigenvalue weighted by molar-refractivity contribution is 7.14. The molecule has 0 aromatic carbocycles. The zero-order chi connectivity index (χ0) is 31.7. The number of thiophene rings is 1. The summed E-state index contributed by atoms with van der Waals surface area (Å²) in [7, 11) is 3.23. The summed E-state index contributed by atoms with van der Waals surface area (Å²) in [6.07, 6.45) is 8.80. The molecule has 1 aromatic heterocycles. The SMILES string of the molecule is COC1=C(OC)CCC(CN(Cc2ccc(C(=O)NCCC(=O)O)s2)CC2C=C(OC3C=C(C(F)(F)F)C=CC3)C=CC2)=C1. The number of carbonyl (C=O) groups excluding carboxylic acids is 1. The van der Waals surface area contributed by atoms with E-state index in [1.807, 2.05) is 24.3 Å². The molecule has 1 aromatic rings. The number of hydrogen-bond donors (Lipinski definition) is 2. The van der Waals surface area contributed by atoms with E-state index in [1.165, 1.54) is 17.4 Å². The predicted molar refractivity (Wildman–Crippen MR) is 161 cm³/mol. The second kappa shape index (κ2) is 15.3. The van der Waals surface area contributed by atoms with E-state index in [2.05, 4.69) is 10.2 Å². The number of amides is 1. The molecular formula is C32H37F3N2O6S. The quantitative estimate of drug-likeness (QED) is 0.249. The molecule has 12 heteroatoms. The van der Waals surface area contributed by atoms with Crippen LogP contribution in [0.15, 0.2) is 83.1 Å².